The number of carbonyl (C=O) groups is 1. The monoisotopic (exact) mass is 280 g/mol. The van der Waals surface area contributed by atoms with Crippen LogP contribution in [0.25, 0.3) is 0 Å². The van der Waals surface area contributed by atoms with Crippen LogP contribution in [0.4, 0.5) is 0 Å². The fraction of sp³-hybridized carbons (Fsp3) is 0.917. The van der Waals surface area contributed by atoms with E-state index in [1.165, 1.54) is 18.6 Å². The zero-order valence-electron chi connectivity index (χ0n) is 10.7. The first-order valence-corrected chi connectivity index (χ1v) is 7.68. The third-order valence-electron chi connectivity index (χ3n) is 2.99. The lowest BCUT2D eigenvalue weighted by molar-refractivity contribution is -0.121. The van der Waals surface area contributed by atoms with E-state index < -0.39 is 0 Å². The number of halogens is 1. The van der Waals surface area contributed by atoms with E-state index in [9.17, 15) is 4.79 Å². The van der Waals surface area contributed by atoms with Gasteiger partial charge in [0.25, 0.3) is 0 Å². The summed E-state index contributed by atoms with van der Waals surface area (Å²) < 4.78 is 0. The van der Waals surface area contributed by atoms with Crippen molar-refractivity contribution in [2.45, 2.75) is 32.1 Å². The zero-order chi connectivity index (χ0) is 11.6. The van der Waals surface area contributed by atoms with Gasteiger partial charge >= 0.3 is 0 Å². The summed E-state index contributed by atoms with van der Waals surface area (Å²) in [5, 5.41) is 6.41. The Balaban J connectivity index is 0.00000256. The van der Waals surface area contributed by atoms with E-state index in [1.807, 2.05) is 11.8 Å². The molecule has 2 N–H and O–H groups in total. The van der Waals surface area contributed by atoms with Crippen LogP contribution < -0.4 is 10.6 Å². The maximum atomic E-state index is 11.5. The van der Waals surface area contributed by atoms with E-state index in [4.69, 9.17) is 0 Å². The molecule has 1 unspecified atom stereocenters. The molecule has 1 fully saturated rings. The minimum Gasteiger partial charge on any atom is -0.356 e. The van der Waals surface area contributed by atoms with E-state index >= 15 is 0 Å². The molecular weight excluding hydrogens is 256 g/mol. The van der Waals surface area contributed by atoms with Crippen LogP contribution in [0.1, 0.15) is 32.1 Å². The molecule has 0 radical (unpaired) electrons. The number of thioether (sulfide) groups is 1. The normalized spacial score (nSPS) is 19.5. The molecule has 17 heavy (non-hydrogen) atoms. The van der Waals surface area contributed by atoms with Crippen molar-refractivity contribution >= 4 is 30.1 Å². The van der Waals surface area contributed by atoms with Crippen molar-refractivity contribution in [3.8, 4) is 0 Å². The third kappa shape index (κ3) is 8.75. The van der Waals surface area contributed by atoms with Crippen LogP contribution in [0.5, 0.6) is 0 Å². The van der Waals surface area contributed by atoms with E-state index in [0.29, 0.717) is 12.3 Å². The Morgan fingerprint density at radius 1 is 1.47 bits per heavy atom. The van der Waals surface area contributed by atoms with E-state index in [0.717, 1.165) is 32.5 Å². The molecule has 0 spiro atoms. The molecule has 0 saturated carbocycles. The number of unbranched alkanes of at least 4 members (excludes halogenated alkanes) is 1. The largest absolute Gasteiger partial charge is 0.356 e. The standard InChI is InChI=1S/C12H24N2OS.ClH/c1-16-8-3-2-6-12(15)14-10-11-5-4-7-13-9-11;/h11,13H,2-10H2,1H3,(H,14,15);1H. The van der Waals surface area contributed by atoms with Crippen LogP contribution in [0.2, 0.25) is 0 Å². The van der Waals surface area contributed by atoms with Gasteiger partial charge in [0, 0.05) is 13.0 Å². The molecule has 0 aromatic heterocycles. The molecule has 0 aromatic rings. The maximum absolute atomic E-state index is 11.5. The highest BCUT2D eigenvalue weighted by Crippen LogP contribution is 2.08. The van der Waals surface area contributed by atoms with Crippen molar-refractivity contribution in [3.05, 3.63) is 0 Å². The molecule has 0 aliphatic carbocycles. The van der Waals surface area contributed by atoms with Gasteiger partial charge in [0.05, 0.1) is 0 Å². The van der Waals surface area contributed by atoms with Gasteiger partial charge < -0.3 is 10.6 Å². The van der Waals surface area contributed by atoms with Crippen molar-refractivity contribution in [1.82, 2.24) is 10.6 Å². The molecule has 1 heterocycles. The molecule has 0 bridgehead atoms. The lowest BCUT2D eigenvalue weighted by atomic mass is 10.00. The smallest absolute Gasteiger partial charge is 0.220 e. The molecule has 5 heteroatoms. The van der Waals surface area contributed by atoms with Crippen LogP contribution in [-0.2, 0) is 4.79 Å². The van der Waals surface area contributed by atoms with E-state index in [-0.39, 0.29) is 18.3 Å². The van der Waals surface area contributed by atoms with Crippen LogP contribution >= 0.6 is 24.2 Å². The molecule has 3 nitrogen and oxygen atoms in total. The Kier molecular flexibility index (Phi) is 11.2. The van der Waals surface area contributed by atoms with Crippen LogP contribution in [0.3, 0.4) is 0 Å². The van der Waals surface area contributed by atoms with E-state index in [2.05, 4.69) is 16.9 Å². The van der Waals surface area contributed by atoms with Crippen LogP contribution in [0.15, 0.2) is 0 Å². The molecule has 1 rings (SSSR count). The van der Waals surface area contributed by atoms with Gasteiger partial charge in [-0.05, 0) is 56.7 Å². The molecule has 1 aliphatic rings. The summed E-state index contributed by atoms with van der Waals surface area (Å²) >= 11 is 1.85. The summed E-state index contributed by atoms with van der Waals surface area (Å²) in [6.07, 6.45) is 7.47. The number of nitrogens with one attached hydrogen (secondary N) is 2. The van der Waals surface area contributed by atoms with Crippen molar-refractivity contribution in [2.24, 2.45) is 5.92 Å². The number of hydrogen-bond acceptors (Lipinski definition) is 3. The van der Waals surface area contributed by atoms with Gasteiger partial charge in [-0.25, -0.2) is 0 Å². The van der Waals surface area contributed by atoms with Gasteiger partial charge in [-0.2, -0.15) is 11.8 Å². The Morgan fingerprint density at radius 3 is 2.94 bits per heavy atom. The summed E-state index contributed by atoms with van der Waals surface area (Å²) in [7, 11) is 0. The average Bonchev–Trinajstić information content (AvgIpc) is 2.33. The quantitative estimate of drug-likeness (QED) is 0.702. The predicted molar refractivity (Wildman–Crippen MR) is 78.1 cm³/mol. The Morgan fingerprint density at radius 2 is 2.29 bits per heavy atom. The topological polar surface area (TPSA) is 41.1 Å². The van der Waals surface area contributed by atoms with Crippen molar-refractivity contribution in [1.29, 1.82) is 0 Å². The minimum absolute atomic E-state index is 0. The molecule has 102 valence electrons. The van der Waals surface area contributed by atoms with Crippen LogP contribution in [-0.4, -0.2) is 37.6 Å². The SMILES string of the molecule is CSCCCCC(=O)NCC1CCCNC1.Cl. The molecule has 1 atom stereocenters. The second-order valence-corrected chi connectivity index (χ2v) is 5.45. The van der Waals surface area contributed by atoms with Gasteiger partial charge in [-0.15, -0.1) is 12.4 Å². The lowest BCUT2D eigenvalue weighted by Gasteiger charge is -2.22. The zero-order valence-corrected chi connectivity index (χ0v) is 12.3. The molecule has 0 aromatic carbocycles. The predicted octanol–water partition coefficient (Wildman–Crippen LogP) is 2.06. The number of amides is 1. The third-order valence-corrected chi connectivity index (χ3v) is 3.69. The summed E-state index contributed by atoms with van der Waals surface area (Å²) in [5.74, 6) is 2.04. The van der Waals surface area contributed by atoms with Crippen molar-refractivity contribution < 1.29 is 4.79 Å². The van der Waals surface area contributed by atoms with Gasteiger partial charge in [-0.3, -0.25) is 4.79 Å². The summed E-state index contributed by atoms with van der Waals surface area (Å²) in [6, 6.07) is 0. The van der Waals surface area contributed by atoms with Gasteiger partial charge in [0.15, 0.2) is 0 Å². The average molecular weight is 281 g/mol. The highest BCUT2D eigenvalue weighted by Gasteiger charge is 2.13. The number of hydrogen-bond donors (Lipinski definition) is 2. The molecule has 1 amide bonds. The maximum Gasteiger partial charge on any atom is 0.220 e. The fourth-order valence-corrected chi connectivity index (χ4v) is 2.47. The highest BCUT2D eigenvalue weighted by atomic mass is 35.5. The van der Waals surface area contributed by atoms with Crippen LogP contribution in [0, 0.1) is 5.92 Å². The second kappa shape index (κ2) is 11.2. The summed E-state index contributed by atoms with van der Waals surface area (Å²) in [6.45, 7) is 3.06. The highest BCUT2D eigenvalue weighted by molar-refractivity contribution is 7.98. The fourth-order valence-electron chi connectivity index (χ4n) is 1.98. The van der Waals surface area contributed by atoms with E-state index in [1.54, 1.807) is 0 Å². The molecular formula is C12H25ClN2OS. The Bertz CT molecular complexity index is 199. The minimum atomic E-state index is 0. The summed E-state index contributed by atoms with van der Waals surface area (Å²) in [4.78, 5) is 11.5. The first-order chi connectivity index (χ1) is 7.83. The Hall–Kier alpha value is 0.0700. The van der Waals surface area contributed by atoms with Gasteiger partial charge in [0.1, 0.15) is 0 Å². The van der Waals surface area contributed by atoms with Crippen molar-refractivity contribution in [3.63, 3.8) is 0 Å². The van der Waals surface area contributed by atoms with Gasteiger partial charge in [0.2, 0.25) is 5.91 Å². The Labute approximate surface area is 115 Å². The molecule has 1 aliphatic heterocycles. The number of piperidine rings is 1. The number of rotatable bonds is 7. The summed E-state index contributed by atoms with van der Waals surface area (Å²) in [5.41, 5.74) is 0. The number of carbonyl (C=O) groups excluding carboxylic acids is 1. The van der Waals surface area contributed by atoms with Gasteiger partial charge in [-0.1, -0.05) is 0 Å². The lowest BCUT2D eigenvalue weighted by Crippen LogP contribution is -2.38. The second-order valence-electron chi connectivity index (χ2n) is 4.47. The molecule has 1 saturated heterocycles. The first-order valence-electron chi connectivity index (χ1n) is 6.29. The first kappa shape index (κ1) is 17.1. The van der Waals surface area contributed by atoms with Crippen molar-refractivity contribution in [2.75, 3.05) is 31.6 Å².